The van der Waals surface area contributed by atoms with Gasteiger partial charge in [0.15, 0.2) is 0 Å². The van der Waals surface area contributed by atoms with Gasteiger partial charge in [0.25, 0.3) is 0 Å². The molecule has 4 nitrogen and oxygen atoms in total. The van der Waals surface area contributed by atoms with E-state index in [1.54, 1.807) is 0 Å². The normalized spacial score (nSPS) is 22.8. The summed E-state index contributed by atoms with van der Waals surface area (Å²) in [5.74, 6) is -0.128. The van der Waals surface area contributed by atoms with E-state index >= 15 is 0 Å². The van der Waals surface area contributed by atoms with Crippen LogP contribution in [0.3, 0.4) is 0 Å². The molecule has 0 amide bonds. The maximum atomic E-state index is 11.0. The number of hydrogen-bond donors (Lipinski definition) is 1. The van der Waals surface area contributed by atoms with E-state index in [0.717, 1.165) is 13.0 Å². The Balaban J connectivity index is 2.50. The largest absolute Gasteiger partial charge is 0.463 e. The highest BCUT2D eigenvalue weighted by Gasteiger charge is 2.33. The number of cyclic esters (lactones) is 1. The van der Waals surface area contributed by atoms with E-state index in [4.69, 9.17) is 10.5 Å². The molecule has 1 aliphatic heterocycles. The van der Waals surface area contributed by atoms with Crippen molar-refractivity contribution in [3.63, 3.8) is 0 Å². The smallest absolute Gasteiger partial charge is 0.320 e. The number of ether oxygens (including phenoxy) is 1. The zero-order valence-electron chi connectivity index (χ0n) is 8.38. The second kappa shape index (κ2) is 4.07. The van der Waals surface area contributed by atoms with Gasteiger partial charge in [-0.3, -0.25) is 9.69 Å². The van der Waals surface area contributed by atoms with Gasteiger partial charge in [-0.05, 0) is 26.8 Å². The first-order valence-corrected chi connectivity index (χ1v) is 4.67. The van der Waals surface area contributed by atoms with Crippen molar-refractivity contribution >= 4 is 5.97 Å². The molecular formula is C9H18N2O2. The molecule has 0 aromatic rings. The fourth-order valence-electron chi connectivity index (χ4n) is 1.43. The van der Waals surface area contributed by atoms with Gasteiger partial charge in [-0.15, -0.1) is 0 Å². The van der Waals surface area contributed by atoms with Gasteiger partial charge in [0.2, 0.25) is 0 Å². The summed E-state index contributed by atoms with van der Waals surface area (Å²) in [6.07, 6.45) is 0.927. The Morgan fingerprint density at radius 2 is 2.31 bits per heavy atom. The van der Waals surface area contributed by atoms with Crippen LogP contribution in [0.15, 0.2) is 0 Å². The van der Waals surface area contributed by atoms with Gasteiger partial charge in [0, 0.05) is 6.54 Å². The lowest BCUT2D eigenvalue weighted by atomic mass is 10.0. The Labute approximate surface area is 79.0 Å². The molecule has 0 aromatic carbocycles. The van der Waals surface area contributed by atoms with Gasteiger partial charge in [-0.25, -0.2) is 0 Å². The third-order valence-electron chi connectivity index (χ3n) is 2.39. The second-order valence-corrected chi connectivity index (χ2v) is 4.04. The molecule has 0 saturated carbocycles. The van der Waals surface area contributed by atoms with Crippen molar-refractivity contribution < 1.29 is 9.53 Å². The fourth-order valence-corrected chi connectivity index (χ4v) is 1.43. The number of nitrogens with zero attached hydrogens (tertiary/aromatic N) is 1. The molecule has 0 unspecified atom stereocenters. The zero-order valence-corrected chi connectivity index (χ0v) is 8.38. The number of morpholine rings is 1. The molecule has 0 aromatic heterocycles. The first kappa shape index (κ1) is 10.5. The van der Waals surface area contributed by atoms with E-state index in [2.05, 4.69) is 18.7 Å². The Morgan fingerprint density at radius 3 is 2.92 bits per heavy atom. The van der Waals surface area contributed by atoms with Gasteiger partial charge >= 0.3 is 5.97 Å². The fraction of sp³-hybridized carbons (Fsp3) is 0.889. The van der Waals surface area contributed by atoms with Gasteiger partial charge in [0.05, 0.1) is 12.1 Å². The summed E-state index contributed by atoms with van der Waals surface area (Å²) < 4.78 is 4.99. The topological polar surface area (TPSA) is 55.6 Å². The summed E-state index contributed by atoms with van der Waals surface area (Å²) in [6, 6.07) is 0. The minimum atomic E-state index is -0.128. The third-order valence-corrected chi connectivity index (χ3v) is 2.39. The van der Waals surface area contributed by atoms with Crippen LogP contribution in [0.1, 0.15) is 20.3 Å². The number of nitrogens with two attached hydrogens (primary N) is 1. The van der Waals surface area contributed by atoms with Crippen molar-refractivity contribution in [2.75, 3.05) is 26.2 Å². The SMILES string of the molecule is CC1(C)COC(=O)CN1CCCN. The number of hydrogen-bond acceptors (Lipinski definition) is 4. The predicted octanol–water partition coefficient (Wildman–Crippen LogP) is -0.0274. The Bertz CT molecular complexity index is 192. The van der Waals surface area contributed by atoms with Crippen LogP contribution in [0.25, 0.3) is 0 Å². The van der Waals surface area contributed by atoms with E-state index in [-0.39, 0.29) is 11.5 Å². The highest BCUT2D eigenvalue weighted by Crippen LogP contribution is 2.19. The molecule has 1 rings (SSSR count). The average molecular weight is 186 g/mol. The lowest BCUT2D eigenvalue weighted by molar-refractivity contribution is -0.159. The molecule has 76 valence electrons. The van der Waals surface area contributed by atoms with Gasteiger partial charge in [-0.2, -0.15) is 0 Å². The molecule has 0 aliphatic carbocycles. The molecule has 2 N–H and O–H groups in total. The highest BCUT2D eigenvalue weighted by molar-refractivity contribution is 5.72. The molecule has 1 heterocycles. The van der Waals surface area contributed by atoms with Gasteiger partial charge < -0.3 is 10.5 Å². The first-order valence-electron chi connectivity index (χ1n) is 4.67. The average Bonchev–Trinajstić information content (AvgIpc) is 2.07. The summed E-state index contributed by atoms with van der Waals surface area (Å²) in [7, 11) is 0. The van der Waals surface area contributed by atoms with Gasteiger partial charge in [-0.1, -0.05) is 0 Å². The molecule has 1 fully saturated rings. The van der Waals surface area contributed by atoms with Crippen molar-refractivity contribution in [3.05, 3.63) is 0 Å². The molecule has 1 saturated heterocycles. The van der Waals surface area contributed by atoms with Crippen molar-refractivity contribution in [1.29, 1.82) is 0 Å². The summed E-state index contributed by atoms with van der Waals surface area (Å²) in [4.78, 5) is 13.2. The molecule has 0 spiro atoms. The number of esters is 1. The van der Waals surface area contributed by atoms with E-state index in [0.29, 0.717) is 19.7 Å². The standard InChI is InChI=1S/C9H18N2O2/c1-9(2)7-13-8(12)6-11(9)5-3-4-10/h3-7,10H2,1-2H3. The summed E-state index contributed by atoms with van der Waals surface area (Å²) in [6.45, 7) is 6.58. The molecular weight excluding hydrogens is 168 g/mol. The number of rotatable bonds is 3. The number of carbonyl (C=O) groups excluding carboxylic acids is 1. The van der Waals surface area contributed by atoms with Crippen LogP contribution in [0.5, 0.6) is 0 Å². The van der Waals surface area contributed by atoms with Crippen molar-refractivity contribution in [2.45, 2.75) is 25.8 Å². The molecule has 1 aliphatic rings. The van der Waals surface area contributed by atoms with E-state index in [1.807, 2.05) is 0 Å². The minimum absolute atomic E-state index is 0.0386. The van der Waals surface area contributed by atoms with Crippen LogP contribution in [-0.2, 0) is 9.53 Å². The van der Waals surface area contributed by atoms with Crippen molar-refractivity contribution in [2.24, 2.45) is 5.73 Å². The predicted molar refractivity (Wildman–Crippen MR) is 50.3 cm³/mol. The van der Waals surface area contributed by atoms with Crippen molar-refractivity contribution in [3.8, 4) is 0 Å². The summed E-state index contributed by atoms with van der Waals surface area (Å²) in [5.41, 5.74) is 5.39. The summed E-state index contributed by atoms with van der Waals surface area (Å²) >= 11 is 0. The minimum Gasteiger partial charge on any atom is -0.463 e. The molecule has 0 bridgehead atoms. The first-order chi connectivity index (χ1) is 6.06. The molecule has 4 heteroatoms. The third kappa shape index (κ3) is 2.67. The maximum absolute atomic E-state index is 11.0. The lowest BCUT2D eigenvalue weighted by Crippen LogP contribution is -2.55. The molecule has 0 radical (unpaired) electrons. The summed E-state index contributed by atoms with van der Waals surface area (Å²) in [5, 5.41) is 0. The van der Waals surface area contributed by atoms with Crippen LogP contribution >= 0.6 is 0 Å². The van der Waals surface area contributed by atoms with E-state index < -0.39 is 0 Å². The lowest BCUT2D eigenvalue weighted by Gasteiger charge is -2.41. The zero-order chi connectivity index (χ0) is 9.90. The van der Waals surface area contributed by atoms with E-state index in [9.17, 15) is 4.79 Å². The van der Waals surface area contributed by atoms with Crippen LogP contribution < -0.4 is 5.73 Å². The van der Waals surface area contributed by atoms with Crippen LogP contribution in [-0.4, -0.2) is 42.6 Å². The van der Waals surface area contributed by atoms with Crippen LogP contribution in [0.2, 0.25) is 0 Å². The Kier molecular flexibility index (Phi) is 3.27. The van der Waals surface area contributed by atoms with Gasteiger partial charge in [0.1, 0.15) is 6.61 Å². The Hall–Kier alpha value is -0.610. The van der Waals surface area contributed by atoms with Crippen LogP contribution in [0, 0.1) is 0 Å². The Morgan fingerprint density at radius 1 is 1.62 bits per heavy atom. The van der Waals surface area contributed by atoms with Crippen LogP contribution in [0.4, 0.5) is 0 Å². The highest BCUT2D eigenvalue weighted by atomic mass is 16.5. The monoisotopic (exact) mass is 186 g/mol. The van der Waals surface area contributed by atoms with Crippen molar-refractivity contribution in [1.82, 2.24) is 4.90 Å². The second-order valence-electron chi connectivity index (χ2n) is 4.04. The molecule has 13 heavy (non-hydrogen) atoms. The van der Waals surface area contributed by atoms with E-state index in [1.165, 1.54) is 0 Å². The quantitative estimate of drug-likeness (QED) is 0.629. The molecule has 0 atom stereocenters. The number of carbonyl (C=O) groups is 1. The maximum Gasteiger partial charge on any atom is 0.320 e.